The first-order valence-electron chi connectivity index (χ1n) is 4.65. The minimum atomic E-state index is -4.28. The first kappa shape index (κ1) is 13.0. The average Bonchev–Trinajstić information content (AvgIpc) is 2.20. The maximum absolute atomic E-state index is 13.5. The molecule has 2 rings (SSSR count). The molecule has 8 heteroatoms. The smallest absolute Gasteiger partial charge is 0.266 e. The van der Waals surface area contributed by atoms with Crippen LogP contribution in [0.5, 0.6) is 0 Å². The molecule has 0 aliphatic heterocycles. The van der Waals surface area contributed by atoms with Crippen LogP contribution >= 0.6 is 10.7 Å². The van der Waals surface area contributed by atoms with Gasteiger partial charge >= 0.3 is 0 Å². The van der Waals surface area contributed by atoms with Crippen molar-refractivity contribution in [3.05, 3.63) is 40.2 Å². The molecule has 1 aromatic carbocycles. The highest BCUT2D eigenvalue weighted by Gasteiger charge is 2.20. The van der Waals surface area contributed by atoms with E-state index < -0.39 is 31.0 Å². The Balaban J connectivity index is 3.10. The second-order valence-corrected chi connectivity index (χ2v) is 6.19. The highest BCUT2D eigenvalue weighted by atomic mass is 35.7. The van der Waals surface area contributed by atoms with E-state index in [1.165, 1.54) is 7.05 Å². The fourth-order valence-corrected chi connectivity index (χ4v) is 2.65. The first-order chi connectivity index (χ1) is 8.21. The molecule has 0 saturated heterocycles. The third-order valence-electron chi connectivity index (χ3n) is 2.42. The Morgan fingerprint density at radius 1 is 1.28 bits per heavy atom. The number of aromatic nitrogens is 1. The summed E-state index contributed by atoms with van der Waals surface area (Å²) in [4.78, 5) is 11.1. The maximum atomic E-state index is 13.5. The highest BCUT2D eigenvalue weighted by Crippen LogP contribution is 2.20. The minimum Gasteiger partial charge on any atom is -0.347 e. The monoisotopic (exact) mass is 293 g/mol. The van der Waals surface area contributed by atoms with Crippen molar-refractivity contribution in [2.75, 3.05) is 0 Å². The zero-order chi connectivity index (χ0) is 13.7. The second kappa shape index (κ2) is 4.03. The normalized spacial score (nSPS) is 12.0. The molecule has 0 saturated carbocycles. The molecular weight excluding hydrogens is 288 g/mol. The van der Waals surface area contributed by atoms with Gasteiger partial charge in [-0.1, -0.05) is 0 Å². The van der Waals surface area contributed by atoms with Crippen LogP contribution in [0.3, 0.4) is 0 Å². The van der Waals surface area contributed by atoms with Crippen LogP contribution in [0, 0.1) is 11.6 Å². The summed E-state index contributed by atoms with van der Waals surface area (Å²) in [7, 11) is 2.14. The summed E-state index contributed by atoms with van der Waals surface area (Å²) in [5, 5.41) is -0.378. The van der Waals surface area contributed by atoms with Crippen LogP contribution in [-0.4, -0.2) is 13.0 Å². The number of pyridine rings is 1. The summed E-state index contributed by atoms with van der Waals surface area (Å²) in [6.07, 6.45) is 0.897. The van der Waals surface area contributed by atoms with Crippen LogP contribution in [0.4, 0.5) is 8.78 Å². The van der Waals surface area contributed by atoms with Crippen LogP contribution in [0.1, 0.15) is 0 Å². The molecule has 0 amide bonds. The fraction of sp³-hybridized carbons (Fsp3) is 0.100. The summed E-state index contributed by atoms with van der Waals surface area (Å²) in [6.45, 7) is 0. The molecule has 0 spiro atoms. The third kappa shape index (κ3) is 1.99. The molecule has 0 aliphatic carbocycles. The summed E-state index contributed by atoms with van der Waals surface area (Å²) in [6, 6.07) is 1.38. The van der Waals surface area contributed by atoms with E-state index in [0.717, 1.165) is 16.8 Å². The van der Waals surface area contributed by atoms with Gasteiger partial charge in [0.25, 0.3) is 9.05 Å². The van der Waals surface area contributed by atoms with Crippen molar-refractivity contribution in [3.63, 3.8) is 0 Å². The van der Waals surface area contributed by atoms with Gasteiger partial charge in [0.2, 0.25) is 5.43 Å². The Morgan fingerprint density at radius 3 is 2.44 bits per heavy atom. The molecule has 4 nitrogen and oxygen atoms in total. The van der Waals surface area contributed by atoms with Crippen molar-refractivity contribution in [1.82, 2.24) is 4.57 Å². The highest BCUT2D eigenvalue weighted by molar-refractivity contribution is 8.13. The van der Waals surface area contributed by atoms with Crippen molar-refractivity contribution < 1.29 is 17.2 Å². The largest absolute Gasteiger partial charge is 0.347 e. The van der Waals surface area contributed by atoms with Crippen molar-refractivity contribution in [2.24, 2.45) is 7.05 Å². The first-order valence-corrected chi connectivity index (χ1v) is 6.96. The summed E-state index contributed by atoms with van der Waals surface area (Å²) >= 11 is 0. The van der Waals surface area contributed by atoms with Gasteiger partial charge in [0, 0.05) is 30.0 Å². The van der Waals surface area contributed by atoms with Gasteiger partial charge < -0.3 is 4.57 Å². The van der Waals surface area contributed by atoms with Crippen molar-refractivity contribution in [2.45, 2.75) is 4.90 Å². The molecule has 18 heavy (non-hydrogen) atoms. The van der Waals surface area contributed by atoms with E-state index in [4.69, 9.17) is 10.7 Å². The SMILES string of the molecule is Cn1cc(S(=O)(=O)Cl)c(=O)c2cc(F)cc(F)c21. The third-order valence-corrected chi connectivity index (χ3v) is 3.74. The molecule has 1 heterocycles. The Hall–Kier alpha value is -1.47. The predicted octanol–water partition coefficient (Wildman–Crippen LogP) is 1.74. The van der Waals surface area contributed by atoms with E-state index in [2.05, 4.69) is 0 Å². The Bertz CT molecular complexity index is 814. The summed E-state index contributed by atoms with van der Waals surface area (Å²) in [5.41, 5.74) is -1.22. The Labute approximate surface area is 105 Å². The van der Waals surface area contributed by atoms with E-state index in [1.54, 1.807) is 0 Å². The van der Waals surface area contributed by atoms with Crippen LogP contribution in [-0.2, 0) is 16.1 Å². The molecule has 0 atom stereocenters. The number of aryl methyl sites for hydroxylation is 1. The van der Waals surface area contributed by atoms with Gasteiger partial charge in [-0.2, -0.15) is 0 Å². The average molecular weight is 294 g/mol. The van der Waals surface area contributed by atoms with Gasteiger partial charge in [0.15, 0.2) is 0 Å². The molecule has 96 valence electrons. The molecular formula is C10H6ClF2NO3S. The molecule has 0 radical (unpaired) electrons. The van der Waals surface area contributed by atoms with Gasteiger partial charge in [-0.25, -0.2) is 17.2 Å². The Kier molecular flexibility index (Phi) is 2.90. The lowest BCUT2D eigenvalue weighted by Crippen LogP contribution is -2.16. The molecule has 2 aromatic rings. The van der Waals surface area contributed by atoms with Crippen LogP contribution in [0.15, 0.2) is 28.0 Å². The van der Waals surface area contributed by atoms with Crippen molar-refractivity contribution in [1.29, 1.82) is 0 Å². The van der Waals surface area contributed by atoms with Gasteiger partial charge in [0.1, 0.15) is 16.5 Å². The summed E-state index contributed by atoms with van der Waals surface area (Å²) in [5.74, 6) is -1.93. The maximum Gasteiger partial charge on any atom is 0.266 e. The van der Waals surface area contributed by atoms with E-state index in [9.17, 15) is 22.0 Å². The lowest BCUT2D eigenvalue weighted by atomic mass is 10.2. The van der Waals surface area contributed by atoms with Gasteiger partial charge in [-0.3, -0.25) is 4.79 Å². The number of hydrogen-bond donors (Lipinski definition) is 0. The number of fused-ring (bicyclic) bond motifs is 1. The molecule has 0 unspecified atom stereocenters. The zero-order valence-electron chi connectivity index (χ0n) is 8.95. The second-order valence-electron chi connectivity index (χ2n) is 3.66. The number of rotatable bonds is 1. The topological polar surface area (TPSA) is 56.1 Å². The summed E-state index contributed by atoms with van der Waals surface area (Å²) < 4.78 is 50.0. The zero-order valence-corrected chi connectivity index (χ0v) is 10.5. The van der Waals surface area contributed by atoms with Crippen LogP contribution in [0.25, 0.3) is 10.9 Å². The molecule has 0 fully saturated rings. The van der Waals surface area contributed by atoms with Crippen molar-refractivity contribution >= 4 is 30.6 Å². The molecule has 0 aliphatic rings. The fourth-order valence-electron chi connectivity index (χ4n) is 1.70. The van der Waals surface area contributed by atoms with Gasteiger partial charge in [0.05, 0.1) is 10.9 Å². The number of nitrogens with zero attached hydrogens (tertiary/aromatic N) is 1. The lowest BCUT2D eigenvalue weighted by Gasteiger charge is -2.08. The quantitative estimate of drug-likeness (QED) is 0.753. The van der Waals surface area contributed by atoms with Crippen LogP contribution in [0.2, 0.25) is 0 Å². The van der Waals surface area contributed by atoms with Crippen molar-refractivity contribution in [3.8, 4) is 0 Å². The number of halogens is 3. The van der Waals surface area contributed by atoms with Gasteiger partial charge in [-0.15, -0.1) is 0 Å². The van der Waals surface area contributed by atoms with E-state index in [0.29, 0.717) is 6.07 Å². The van der Waals surface area contributed by atoms with E-state index in [1.807, 2.05) is 0 Å². The molecule has 0 bridgehead atoms. The standard InChI is InChI=1S/C10H6ClF2NO3S/c1-14-4-8(18(11,16)17)10(15)6-2-5(12)3-7(13)9(6)14/h2-4H,1H3. The van der Waals surface area contributed by atoms with Gasteiger partial charge in [-0.05, 0) is 6.07 Å². The molecule has 0 N–H and O–H groups in total. The Morgan fingerprint density at radius 2 is 1.89 bits per heavy atom. The van der Waals surface area contributed by atoms with Crippen LogP contribution < -0.4 is 5.43 Å². The number of hydrogen-bond acceptors (Lipinski definition) is 3. The minimum absolute atomic E-state index is 0.189. The lowest BCUT2D eigenvalue weighted by molar-refractivity contribution is 0.585. The predicted molar refractivity (Wildman–Crippen MR) is 62.1 cm³/mol. The molecule has 1 aromatic heterocycles. The van der Waals surface area contributed by atoms with E-state index in [-0.39, 0.29) is 10.9 Å². The van der Waals surface area contributed by atoms with E-state index >= 15 is 0 Å². The number of benzene rings is 1.